The zero-order valence-corrected chi connectivity index (χ0v) is 12.4. The van der Waals surface area contributed by atoms with Gasteiger partial charge in [-0.05, 0) is 51.0 Å². The van der Waals surface area contributed by atoms with Gasteiger partial charge in [-0.15, -0.1) is 0 Å². The Morgan fingerprint density at radius 1 is 0.500 bits per heavy atom. The van der Waals surface area contributed by atoms with E-state index in [1.807, 2.05) is 0 Å². The molecular formula is C16H14F6. The lowest BCUT2D eigenvalue weighted by atomic mass is 10.1. The summed E-state index contributed by atoms with van der Waals surface area (Å²) in [5.74, 6) is -6.01. The Morgan fingerprint density at radius 2 is 0.727 bits per heavy atom. The molecule has 2 aromatic rings. The minimum absolute atomic E-state index is 0.348. The molecule has 0 radical (unpaired) electrons. The Labute approximate surface area is 124 Å². The largest absolute Gasteiger partial charge is 0.207 e. The van der Waals surface area contributed by atoms with Gasteiger partial charge in [0.05, 0.1) is 0 Å². The van der Waals surface area contributed by atoms with Crippen molar-refractivity contribution in [2.24, 2.45) is 0 Å². The lowest BCUT2D eigenvalue weighted by molar-refractivity contribution is 0.436. The van der Waals surface area contributed by atoms with Crippen LogP contribution in [0.15, 0.2) is 12.1 Å². The van der Waals surface area contributed by atoms with Crippen molar-refractivity contribution >= 4 is 0 Å². The van der Waals surface area contributed by atoms with Crippen LogP contribution in [0.2, 0.25) is 0 Å². The van der Waals surface area contributed by atoms with Gasteiger partial charge >= 0.3 is 0 Å². The van der Waals surface area contributed by atoms with E-state index in [1.54, 1.807) is 0 Å². The molecule has 0 bridgehead atoms. The summed E-state index contributed by atoms with van der Waals surface area (Å²) in [6, 6.07) is 2.40. The monoisotopic (exact) mass is 320 g/mol. The number of benzene rings is 2. The van der Waals surface area contributed by atoms with Gasteiger partial charge in [0, 0.05) is 11.1 Å². The molecule has 2 aromatic carbocycles. The summed E-state index contributed by atoms with van der Waals surface area (Å²) in [5.41, 5.74) is -0.558. The van der Waals surface area contributed by atoms with E-state index >= 15 is 0 Å². The molecule has 0 aliphatic heterocycles. The Bertz CT molecular complexity index is 551. The molecule has 0 atom stereocenters. The van der Waals surface area contributed by atoms with Crippen LogP contribution in [-0.2, 0) is 0 Å². The number of hydrogen-bond donors (Lipinski definition) is 0. The molecule has 0 aliphatic rings. The van der Waals surface area contributed by atoms with Crippen molar-refractivity contribution in [1.82, 2.24) is 0 Å². The third-order valence-electron chi connectivity index (χ3n) is 3.14. The average Bonchev–Trinajstić information content (AvgIpc) is 2.48. The van der Waals surface area contributed by atoms with Crippen LogP contribution < -0.4 is 0 Å². The SMILES string of the molecule is Cc1c(F)c(F)c(C)c(F)c1F.Cc1cc(F)c(C)cc1F. The van der Waals surface area contributed by atoms with E-state index in [4.69, 9.17) is 0 Å². The van der Waals surface area contributed by atoms with Crippen molar-refractivity contribution in [3.05, 3.63) is 69.3 Å². The summed E-state index contributed by atoms with van der Waals surface area (Å²) < 4.78 is 75.8. The predicted octanol–water partition coefficient (Wildman–Crippen LogP) is 5.44. The number of rotatable bonds is 0. The van der Waals surface area contributed by atoms with Gasteiger partial charge in [-0.2, -0.15) is 0 Å². The van der Waals surface area contributed by atoms with Gasteiger partial charge in [0.1, 0.15) is 11.6 Å². The van der Waals surface area contributed by atoms with Gasteiger partial charge in [-0.1, -0.05) is 0 Å². The molecule has 0 aliphatic carbocycles. The molecule has 6 heteroatoms. The maximum atomic E-state index is 12.7. The second-order valence-electron chi connectivity index (χ2n) is 4.86. The van der Waals surface area contributed by atoms with E-state index in [0.29, 0.717) is 11.1 Å². The van der Waals surface area contributed by atoms with Crippen LogP contribution in [0, 0.1) is 62.6 Å². The van der Waals surface area contributed by atoms with Crippen LogP contribution in [0.3, 0.4) is 0 Å². The van der Waals surface area contributed by atoms with Crippen LogP contribution >= 0.6 is 0 Å². The summed E-state index contributed by atoms with van der Waals surface area (Å²) in [6.45, 7) is 5.04. The van der Waals surface area contributed by atoms with Crippen LogP contribution in [0.25, 0.3) is 0 Å². The van der Waals surface area contributed by atoms with Crippen LogP contribution in [0.4, 0.5) is 26.3 Å². The highest BCUT2D eigenvalue weighted by Gasteiger charge is 2.19. The second-order valence-corrected chi connectivity index (χ2v) is 4.86. The Hall–Kier alpha value is -1.98. The number of aryl methyl sites for hydroxylation is 2. The average molecular weight is 320 g/mol. The van der Waals surface area contributed by atoms with E-state index in [-0.39, 0.29) is 11.6 Å². The van der Waals surface area contributed by atoms with Gasteiger partial charge in [0.2, 0.25) is 0 Å². The van der Waals surface area contributed by atoms with Gasteiger partial charge in [-0.3, -0.25) is 0 Å². The predicted molar refractivity (Wildman–Crippen MR) is 71.6 cm³/mol. The smallest absolute Gasteiger partial charge is 0.165 e. The van der Waals surface area contributed by atoms with Crippen molar-refractivity contribution < 1.29 is 26.3 Å². The molecule has 120 valence electrons. The number of halogens is 6. The molecule has 2 rings (SSSR count). The second kappa shape index (κ2) is 6.85. The lowest BCUT2D eigenvalue weighted by Crippen LogP contribution is -2.02. The summed E-state index contributed by atoms with van der Waals surface area (Å²) in [7, 11) is 0. The van der Waals surface area contributed by atoms with Gasteiger partial charge < -0.3 is 0 Å². The Morgan fingerprint density at radius 3 is 0.955 bits per heavy atom. The highest BCUT2D eigenvalue weighted by molar-refractivity contribution is 5.27. The fourth-order valence-corrected chi connectivity index (χ4v) is 1.60. The first-order chi connectivity index (χ1) is 10.1. The first-order valence-corrected chi connectivity index (χ1v) is 6.29. The minimum atomic E-state index is -1.33. The van der Waals surface area contributed by atoms with Gasteiger partial charge in [0.15, 0.2) is 23.3 Å². The fourth-order valence-electron chi connectivity index (χ4n) is 1.60. The lowest BCUT2D eigenvalue weighted by Gasteiger charge is -2.04. The molecule has 0 aromatic heterocycles. The normalized spacial score (nSPS) is 10.3. The third-order valence-corrected chi connectivity index (χ3v) is 3.14. The summed E-state index contributed by atoms with van der Waals surface area (Å²) in [6.07, 6.45) is 0. The minimum Gasteiger partial charge on any atom is -0.207 e. The van der Waals surface area contributed by atoms with Crippen molar-refractivity contribution in [2.45, 2.75) is 27.7 Å². The highest BCUT2D eigenvalue weighted by Crippen LogP contribution is 2.22. The van der Waals surface area contributed by atoms with Crippen molar-refractivity contribution in [3.8, 4) is 0 Å². The van der Waals surface area contributed by atoms with Gasteiger partial charge in [0.25, 0.3) is 0 Å². The molecule has 0 saturated carbocycles. The summed E-state index contributed by atoms with van der Waals surface area (Å²) in [5, 5.41) is 0. The van der Waals surface area contributed by atoms with E-state index in [2.05, 4.69) is 0 Å². The summed E-state index contributed by atoms with van der Waals surface area (Å²) >= 11 is 0. The van der Waals surface area contributed by atoms with E-state index in [9.17, 15) is 26.3 Å². The van der Waals surface area contributed by atoms with Crippen molar-refractivity contribution in [3.63, 3.8) is 0 Å². The molecule has 0 spiro atoms. The molecule has 0 N–H and O–H groups in total. The molecule has 0 nitrogen and oxygen atoms in total. The maximum Gasteiger partial charge on any atom is 0.165 e. The Kier molecular flexibility index (Phi) is 5.63. The number of hydrogen-bond acceptors (Lipinski definition) is 0. The standard InChI is InChI=1S/C8H6F4.C8H8F2/c1-3-5(9)7(11)4(2)8(12)6(3)10;1-5-3-8(10)6(2)4-7(5)9/h1-2H3;3-4H,1-2H3. The molecule has 0 amide bonds. The molecule has 0 saturated heterocycles. The van der Waals surface area contributed by atoms with Crippen molar-refractivity contribution in [1.29, 1.82) is 0 Å². The third kappa shape index (κ3) is 3.61. The molecule has 0 fully saturated rings. The van der Waals surface area contributed by atoms with Crippen LogP contribution in [0.1, 0.15) is 22.3 Å². The van der Waals surface area contributed by atoms with E-state index in [1.165, 1.54) is 26.0 Å². The maximum absolute atomic E-state index is 12.7. The topological polar surface area (TPSA) is 0 Å². The van der Waals surface area contributed by atoms with E-state index < -0.39 is 34.4 Å². The van der Waals surface area contributed by atoms with Crippen LogP contribution in [-0.4, -0.2) is 0 Å². The fraction of sp³-hybridized carbons (Fsp3) is 0.250. The van der Waals surface area contributed by atoms with Crippen LogP contribution in [0.5, 0.6) is 0 Å². The first kappa shape index (κ1) is 18.1. The quantitative estimate of drug-likeness (QED) is 0.448. The molecule has 22 heavy (non-hydrogen) atoms. The zero-order chi connectivity index (χ0) is 17.2. The summed E-state index contributed by atoms with van der Waals surface area (Å²) in [4.78, 5) is 0. The first-order valence-electron chi connectivity index (χ1n) is 6.29. The van der Waals surface area contributed by atoms with E-state index in [0.717, 1.165) is 13.8 Å². The van der Waals surface area contributed by atoms with Crippen molar-refractivity contribution in [2.75, 3.05) is 0 Å². The zero-order valence-electron chi connectivity index (χ0n) is 12.4. The highest BCUT2D eigenvalue weighted by atomic mass is 19.2. The van der Waals surface area contributed by atoms with Gasteiger partial charge in [-0.25, -0.2) is 26.3 Å². The molecule has 0 unspecified atom stereocenters. The molecular weight excluding hydrogens is 306 g/mol. The molecule has 0 heterocycles. The Balaban J connectivity index is 0.000000224.